The van der Waals surface area contributed by atoms with Crippen LogP contribution in [0.25, 0.3) is 58.4 Å². The first-order valence-electron chi connectivity index (χ1n) is 10.1. The molecular weight excluding hydrogens is 384 g/mol. The highest BCUT2D eigenvalue weighted by molar-refractivity contribution is 7.26. The molecule has 0 unspecified atom stereocenters. The van der Waals surface area contributed by atoms with E-state index in [1.807, 2.05) is 23.7 Å². The van der Waals surface area contributed by atoms with Gasteiger partial charge in [-0.25, -0.2) is 0 Å². The number of thiophene rings is 1. The Balaban J connectivity index is 1.71. The van der Waals surface area contributed by atoms with Crippen molar-refractivity contribution >= 4 is 64.1 Å². The van der Waals surface area contributed by atoms with E-state index in [9.17, 15) is 0 Å². The summed E-state index contributed by atoms with van der Waals surface area (Å²) < 4.78 is 5.11. The van der Waals surface area contributed by atoms with Gasteiger partial charge in [0.1, 0.15) is 0 Å². The zero-order chi connectivity index (χ0) is 19.7. The lowest BCUT2D eigenvalue weighted by Gasteiger charge is -2.10. The molecule has 0 aliphatic carbocycles. The van der Waals surface area contributed by atoms with E-state index >= 15 is 0 Å². The molecule has 0 amide bonds. The summed E-state index contributed by atoms with van der Waals surface area (Å²) >= 11 is 1.89. The van der Waals surface area contributed by atoms with Crippen LogP contribution in [0, 0.1) is 0 Å². The molecule has 2 nitrogen and oxygen atoms in total. The molecular formula is C27H16N2S. The van der Waals surface area contributed by atoms with Crippen molar-refractivity contribution in [2.75, 3.05) is 0 Å². The summed E-state index contributed by atoms with van der Waals surface area (Å²) in [6.07, 6.45) is 3.79. The van der Waals surface area contributed by atoms with E-state index < -0.39 is 0 Å². The van der Waals surface area contributed by atoms with Crippen LogP contribution in [0.15, 0.2) is 97.3 Å². The Morgan fingerprint density at radius 3 is 2.47 bits per heavy atom. The molecule has 0 fully saturated rings. The van der Waals surface area contributed by atoms with Crippen LogP contribution in [0.5, 0.6) is 0 Å². The summed E-state index contributed by atoms with van der Waals surface area (Å²) in [5.74, 6) is 0. The van der Waals surface area contributed by atoms with Gasteiger partial charge in [-0.15, -0.1) is 11.3 Å². The van der Waals surface area contributed by atoms with Gasteiger partial charge in [0.15, 0.2) is 0 Å². The molecule has 0 atom stereocenters. The number of benzene rings is 4. The van der Waals surface area contributed by atoms with E-state index in [1.54, 1.807) is 0 Å². The molecule has 0 saturated carbocycles. The third kappa shape index (κ3) is 2.10. The SMILES string of the molecule is c1ccc2c(c1)sc1c2ccc2c3ccccc3n(-c3ccc4cnccc4c3)c21. The number of hydrogen-bond donors (Lipinski definition) is 0. The van der Waals surface area contributed by atoms with Crippen LogP contribution in [-0.2, 0) is 0 Å². The van der Waals surface area contributed by atoms with Gasteiger partial charge in [0.05, 0.1) is 15.7 Å². The molecule has 0 spiro atoms. The third-order valence-corrected chi connectivity index (χ3v) is 7.26. The fourth-order valence-corrected chi connectivity index (χ4v) is 5.95. The fraction of sp³-hybridized carbons (Fsp3) is 0. The summed E-state index contributed by atoms with van der Waals surface area (Å²) in [6.45, 7) is 0. The number of fused-ring (bicyclic) bond motifs is 8. The van der Waals surface area contributed by atoms with E-state index in [0.29, 0.717) is 0 Å². The second kappa shape index (κ2) is 5.91. The predicted molar refractivity (Wildman–Crippen MR) is 129 cm³/mol. The Hall–Kier alpha value is -3.69. The van der Waals surface area contributed by atoms with Crippen LogP contribution < -0.4 is 0 Å². The molecule has 3 heterocycles. The van der Waals surface area contributed by atoms with Crippen molar-refractivity contribution in [3.8, 4) is 5.69 Å². The average molecular weight is 401 g/mol. The van der Waals surface area contributed by atoms with Crippen LogP contribution in [0.2, 0.25) is 0 Å². The standard InChI is InChI=1S/C27H16N2S/c1-3-7-24-20(5-1)22-11-12-23-21-6-2-4-8-25(21)30-27(23)26(22)29(24)19-10-9-18-16-28-14-13-17(18)15-19/h1-16H. The van der Waals surface area contributed by atoms with Gasteiger partial charge in [-0.3, -0.25) is 4.98 Å². The zero-order valence-electron chi connectivity index (χ0n) is 16.0. The Kier molecular flexibility index (Phi) is 3.18. The smallest absolute Gasteiger partial charge is 0.0719 e. The van der Waals surface area contributed by atoms with Gasteiger partial charge in [-0.05, 0) is 35.7 Å². The minimum absolute atomic E-state index is 1.16. The Labute approximate surface area is 176 Å². The maximum atomic E-state index is 4.27. The first-order chi connectivity index (χ1) is 14.9. The molecule has 0 radical (unpaired) electrons. The summed E-state index contributed by atoms with van der Waals surface area (Å²) in [7, 11) is 0. The molecule has 0 aliphatic heterocycles. The number of para-hydroxylation sites is 1. The van der Waals surface area contributed by atoms with Gasteiger partial charge in [0, 0.05) is 49.7 Å². The predicted octanol–water partition coefficient (Wildman–Crippen LogP) is 7.70. The summed E-state index contributed by atoms with van der Waals surface area (Å²) in [5, 5.41) is 7.63. The zero-order valence-corrected chi connectivity index (χ0v) is 16.9. The highest BCUT2D eigenvalue weighted by Gasteiger charge is 2.17. The van der Waals surface area contributed by atoms with E-state index in [4.69, 9.17) is 0 Å². The van der Waals surface area contributed by atoms with Crippen molar-refractivity contribution in [2.45, 2.75) is 0 Å². The summed E-state index contributed by atoms with van der Waals surface area (Å²) in [5.41, 5.74) is 3.72. The number of nitrogens with zero attached hydrogens (tertiary/aromatic N) is 2. The normalized spacial score (nSPS) is 12.0. The molecule has 4 aromatic carbocycles. The Bertz CT molecular complexity index is 1750. The lowest BCUT2D eigenvalue weighted by Crippen LogP contribution is -1.94. The van der Waals surface area contributed by atoms with Crippen LogP contribution in [0.3, 0.4) is 0 Å². The first kappa shape index (κ1) is 16.1. The van der Waals surface area contributed by atoms with Crippen LogP contribution in [-0.4, -0.2) is 9.55 Å². The van der Waals surface area contributed by atoms with Gasteiger partial charge in [-0.2, -0.15) is 0 Å². The molecule has 7 aromatic rings. The number of pyridine rings is 1. The van der Waals surface area contributed by atoms with Crippen LogP contribution >= 0.6 is 11.3 Å². The topological polar surface area (TPSA) is 17.8 Å². The van der Waals surface area contributed by atoms with Gasteiger partial charge < -0.3 is 4.57 Å². The van der Waals surface area contributed by atoms with Crippen molar-refractivity contribution in [1.82, 2.24) is 9.55 Å². The van der Waals surface area contributed by atoms with E-state index in [2.05, 4.69) is 94.5 Å². The van der Waals surface area contributed by atoms with E-state index in [-0.39, 0.29) is 0 Å². The largest absolute Gasteiger partial charge is 0.308 e. The van der Waals surface area contributed by atoms with E-state index in [1.165, 1.54) is 53.1 Å². The maximum absolute atomic E-state index is 4.27. The van der Waals surface area contributed by atoms with Crippen LogP contribution in [0.4, 0.5) is 0 Å². The third-order valence-electron chi connectivity index (χ3n) is 6.06. The molecule has 140 valence electrons. The molecule has 3 aromatic heterocycles. The number of aromatic nitrogens is 2. The van der Waals surface area contributed by atoms with Crippen LogP contribution in [0.1, 0.15) is 0 Å². The molecule has 0 saturated heterocycles. The average Bonchev–Trinajstić information content (AvgIpc) is 3.34. The highest BCUT2D eigenvalue weighted by atomic mass is 32.1. The quantitative estimate of drug-likeness (QED) is 0.276. The Morgan fingerprint density at radius 1 is 0.667 bits per heavy atom. The van der Waals surface area contributed by atoms with Crippen molar-refractivity contribution in [3.05, 3.63) is 97.3 Å². The minimum Gasteiger partial charge on any atom is -0.308 e. The van der Waals surface area contributed by atoms with Gasteiger partial charge >= 0.3 is 0 Å². The number of rotatable bonds is 1. The van der Waals surface area contributed by atoms with Crippen molar-refractivity contribution in [3.63, 3.8) is 0 Å². The van der Waals surface area contributed by atoms with Gasteiger partial charge in [0.2, 0.25) is 0 Å². The second-order valence-corrected chi connectivity index (χ2v) is 8.75. The van der Waals surface area contributed by atoms with Crippen molar-refractivity contribution < 1.29 is 0 Å². The molecule has 3 heteroatoms. The highest BCUT2D eigenvalue weighted by Crippen LogP contribution is 2.42. The molecule has 0 bridgehead atoms. The maximum Gasteiger partial charge on any atom is 0.0719 e. The van der Waals surface area contributed by atoms with Gasteiger partial charge in [-0.1, -0.05) is 54.6 Å². The first-order valence-corrected chi connectivity index (χ1v) is 10.9. The molecule has 0 N–H and O–H groups in total. The monoisotopic (exact) mass is 400 g/mol. The summed E-state index contributed by atoms with van der Waals surface area (Å²) in [4.78, 5) is 4.27. The molecule has 30 heavy (non-hydrogen) atoms. The fourth-order valence-electron chi connectivity index (χ4n) is 4.71. The van der Waals surface area contributed by atoms with Crippen molar-refractivity contribution in [1.29, 1.82) is 0 Å². The Morgan fingerprint density at radius 2 is 1.50 bits per heavy atom. The summed E-state index contributed by atoms with van der Waals surface area (Å²) in [6, 6.07) is 30.8. The molecule has 0 aliphatic rings. The van der Waals surface area contributed by atoms with Gasteiger partial charge in [0.25, 0.3) is 0 Å². The number of hydrogen-bond acceptors (Lipinski definition) is 2. The molecule has 7 rings (SSSR count). The lowest BCUT2D eigenvalue weighted by atomic mass is 10.1. The lowest BCUT2D eigenvalue weighted by molar-refractivity contribution is 1.19. The van der Waals surface area contributed by atoms with E-state index in [0.717, 1.165) is 5.39 Å². The second-order valence-electron chi connectivity index (χ2n) is 7.70. The van der Waals surface area contributed by atoms with Crippen molar-refractivity contribution in [2.24, 2.45) is 0 Å². The minimum atomic E-state index is 1.16.